The molecular weight excluding hydrogens is 849 g/mol. The van der Waals surface area contributed by atoms with Gasteiger partial charge < -0.3 is 24.0 Å². The van der Waals surface area contributed by atoms with Crippen molar-refractivity contribution < 1.29 is 45.3 Å². The third kappa shape index (κ3) is 10.5. The average Bonchev–Trinajstić information content (AvgIpc) is 3.30. The van der Waals surface area contributed by atoms with Crippen LogP contribution in [0.2, 0.25) is 0 Å². The fourth-order valence-corrected chi connectivity index (χ4v) is 10.4. The van der Waals surface area contributed by atoms with Gasteiger partial charge in [-0.05, 0) is 111 Å². The molecule has 2 aromatic heterocycles. The molecule has 8 rings (SSSR count). The Morgan fingerprint density at radius 3 is 2.08 bits per heavy atom. The Morgan fingerprint density at radius 2 is 1.48 bits per heavy atom. The summed E-state index contributed by atoms with van der Waals surface area (Å²) in [4.78, 5) is 31.4. The van der Waals surface area contributed by atoms with Crippen molar-refractivity contribution in [2.75, 3.05) is 49.7 Å². The number of piperidine rings is 2. The average molecular weight is 908 g/mol. The first-order chi connectivity index (χ1) is 31.0. The minimum absolute atomic E-state index is 0.0475. The van der Waals surface area contributed by atoms with Crippen molar-refractivity contribution in [1.82, 2.24) is 15.0 Å². The van der Waals surface area contributed by atoms with Crippen LogP contribution >= 0.6 is 0 Å². The zero-order valence-corrected chi connectivity index (χ0v) is 37.6. The zero-order chi connectivity index (χ0) is 46.1. The number of hydrogen-bond donors (Lipinski definition) is 0. The second kappa shape index (κ2) is 19.1. The Morgan fingerprint density at radius 1 is 0.846 bits per heavy atom. The molecule has 2 aliphatic carbocycles. The van der Waals surface area contributed by atoms with Crippen LogP contribution in [0, 0.1) is 11.3 Å². The molecule has 2 aliphatic heterocycles. The number of fused-ring (bicyclic) bond motifs is 1. The van der Waals surface area contributed by atoms with Crippen LogP contribution in [0.4, 0.5) is 38.0 Å². The molecule has 0 radical (unpaired) electrons. The lowest BCUT2D eigenvalue weighted by molar-refractivity contribution is -0.148. The van der Waals surface area contributed by atoms with Gasteiger partial charge in [-0.3, -0.25) is 9.78 Å². The molecule has 65 heavy (non-hydrogen) atoms. The van der Waals surface area contributed by atoms with E-state index in [0.717, 1.165) is 34.6 Å². The molecule has 0 N–H and O–H groups in total. The Balaban J connectivity index is 1.14. The summed E-state index contributed by atoms with van der Waals surface area (Å²) < 4.78 is 106. The number of esters is 1. The Bertz CT molecular complexity index is 2250. The molecule has 4 heterocycles. The van der Waals surface area contributed by atoms with Crippen molar-refractivity contribution in [2.24, 2.45) is 11.3 Å². The number of alkyl halides is 6. The van der Waals surface area contributed by atoms with Gasteiger partial charge >= 0.3 is 12.1 Å². The summed E-state index contributed by atoms with van der Waals surface area (Å²) in [5.74, 6) is -2.55. The number of nitrogens with zero attached hydrogens (tertiary/aromatic N) is 5. The Labute approximate surface area is 377 Å². The first-order valence-corrected chi connectivity index (χ1v) is 23.0. The van der Waals surface area contributed by atoms with Gasteiger partial charge in [0.25, 0.3) is 0 Å². The number of halogens is 6. The third-order valence-electron chi connectivity index (χ3n) is 13.9. The lowest BCUT2D eigenvalue weighted by Gasteiger charge is -2.42. The van der Waals surface area contributed by atoms with Crippen molar-refractivity contribution in [3.63, 3.8) is 0 Å². The van der Waals surface area contributed by atoms with Crippen molar-refractivity contribution in [3.05, 3.63) is 106 Å². The van der Waals surface area contributed by atoms with Crippen LogP contribution < -0.4 is 14.5 Å². The maximum absolute atomic E-state index is 17.9. The molecule has 0 bridgehead atoms. The number of aromatic nitrogens is 3. The predicted octanol–water partition coefficient (Wildman–Crippen LogP) is 11.6. The molecule has 4 aliphatic rings. The first kappa shape index (κ1) is 46.6. The van der Waals surface area contributed by atoms with Gasteiger partial charge in [0.05, 0.1) is 61.7 Å². The summed E-state index contributed by atoms with van der Waals surface area (Å²) in [6, 6.07) is 11.7. The maximum atomic E-state index is 17.9. The number of rotatable bonds is 12. The van der Waals surface area contributed by atoms with E-state index < -0.39 is 35.9 Å². The summed E-state index contributed by atoms with van der Waals surface area (Å²) >= 11 is 0. The number of hydrogen-bond acceptors (Lipinski definition) is 9. The molecule has 9 nitrogen and oxygen atoms in total. The molecule has 1 saturated carbocycles. The number of benzene rings is 2. The van der Waals surface area contributed by atoms with E-state index in [2.05, 4.69) is 23.6 Å². The lowest BCUT2D eigenvalue weighted by Crippen LogP contribution is -2.38. The molecule has 3 fully saturated rings. The third-order valence-corrected chi connectivity index (χ3v) is 13.9. The fourth-order valence-electron chi connectivity index (χ4n) is 10.4. The van der Waals surface area contributed by atoms with E-state index in [1.807, 2.05) is 31.2 Å². The van der Waals surface area contributed by atoms with E-state index in [1.165, 1.54) is 12.1 Å². The molecule has 15 heteroatoms. The summed E-state index contributed by atoms with van der Waals surface area (Å²) in [7, 11) is 1.59. The van der Waals surface area contributed by atoms with E-state index in [1.54, 1.807) is 19.5 Å². The SMILES string of the molecule is CCOC(=O)C1CCN(c2cnc(N3CCC(c4nc5c(c(C6CCC(F)(F)CC6)c4C(F)c4ccc(C(F)(F)F)cc4)C(OCc4ccc(OC)cc4)CC(C)(C)C5)CC3)nc2)CC1. The molecule has 0 amide bonds. The highest BCUT2D eigenvalue weighted by molar-refractivity contribution is 5.73. The van der Waals surface area contributed by atoms with Gasteiger partial charge in [-0.1, -0.05) is 38.1 Å². The second-order valence-corrected chi connectivity index (χ2v) is 19.0. The van der Waals surface area contributed by atoms with Crippen molar-refractivity contribution in [1.29, 1.82) is 0 Å². The van der Waals surface area contributed by atoms with Gasteiger partial charge in [0.15, 0.2) is 6.17 Å². The van der Waals surface area contributed by atoms with Crippen LogP contribution in [0.25, 0.3) is 0 Å². The molecule has 4 aromatic rings. The zero-order valence-electron chi connectivity index (χ0n) is 37.6. The predicted molar refractivity (Wildman–Crippen MR) is 235 cm³/mol. The smallest absolute Gasteiger partial charge is 0.416 e. The number of carbonyl (C=O) groups excluding carboxylic acids is 1. The first-order valence-electron chi connectivity index (χ1n) is 23.0. The van der Waals surface area contributed by atoms with E-state index in [4.69, 9.17) is 29.2 Å². The lowest BCUT2D eigenvalue weighted by atomic mass is 9.68. The molecule has 2 saturated heterocycles. The highest BCUT2D eigenvalue weighted by Gasteiger charge is 2.44. The Kier molecular flexibility index (Phi) is 13.7. The normalized spacial score (nSPS) is 21.2. The van der Waals surface area contributed by atoms with Gasteiger partial charge in [0.2, 0.25) is 11.9 Å². The van der Waals surface area contributed by atoms with Crippen LogP contribution in [0.15, 0.2) is 60.9 Å². The molecule has 2 unspecified atom stereocenters. The molecule has 2 aromatic carbocycles. The van der Waals surface area contributed by atoms with Crippen molar-refractivity contribution in [2.45, 2.75) is 128 Å². The van der Waals surface area contributed by atoms with Crippen LogP contribution in [-0.4, -0.2) is 66.7 Å². The fraction of sp³-hybridized carbons (Fsp3) is 0.560. The number of methoxy groups -OCH3 is 1. The quantitative estimate of drug-likeness (QED) is 0.102. The topological polar surface area (TPSA) is 89.9 Å². The van der Waals surface area contributed by atoms with Gasteiger partial charge in [-0.25, -0.2) is 23.1 Å². The van der Waals surface area contributed by atoms with E-state index >= 15 is 4.39 Å². The second-order valence-electron chi connectivity index (χ2n) is 19.0. The van der Waals surface area contributed by atoms with E-state index in [0.29, 0.717) is 94.3 Å². The summed E-state index contributed by atoms with van der Waals surface area (Å²) in [6.07, 6.45) is -0.246. The number of pyridine rings is 1. The van der Waals surface area contributed by atoms with Gasteiger partial charge in [0, 0.05) is 61.8 Å². The number of ether oxygens (including phenoxy) is 3. The molecular formula is C50H59F6N5O4. The molecule has 0 spiro atoms. The highest BCUT2D eigenvalue weighted by atomic mass is 19.4. The monoisotopic (exact) mass is 907 g/mol. The minimum atomic E-state index is -4.61. The summed E-state index contributed by atoms with van der Waals surface area (Å²) in [5.41, 5.74) is 3.61. The summed E-state index contributed by atoms with van der Waals surface area (Å²) in [6.45, 7) is 9.14. The number of carbonyl (C=O) groups is 1. The van der Waals surface area contributed by atoms with E-state index in [9.17, 15) is 26.7 Å². The minimum Gasteiger partial charge on any atom is -0.497 e. The largest absolute Gasteiger partial charge is 0.497 e. The van der Waals surface area contributed by atoms with Crippen molar-refractivity contribution >= 4 is 17.6 Å². The maximum Gasteiger partial charge on any atom is 0.416 e. The number of anilines is 2. The van der Waals surface area contributed by atoms with Gasteiger partial charge in [-0.15, -0.1) is 0 Å². The Hall–Kier alpha value is -4.92. The van der Waals surface area contributed by atoms with Gasteiger partial charge in [-0.2, -0.15) is 13.2 Å². The molecule has 350 valence electrons. The van der Waals surface area contributed by atoms with Crippen LogP contribution in [0.5, 0.6) is 5.75 Å². The van der Waals surface area contributed by atoms with Gasteiger partial charge in [0.1, 0.15) is 5.75 Å². The van der Waals surface area contributed by atoms with Crippen molar-refractivity contribution in [3.8, 4) is 5.75 Å². The van der Waals surface area contributed by atoms with E-state index in [-0.39, 0.29) is 66.6 Å². The standard InChI is InChI=1S/C50H59F6N5O4/c1-5-64-46(62)35-18-22-60(23-19-35)37-28-57-47(58-29-37)61-24-16-34(17-25-61)45-43(44(51)33-8-10-36(11-9-33)50(54,55)56)41(32-14-20-49(52,53)21-15-32)42-39(59-45)26-48(2,3)27-40(42)65-30-31-6-12-38(63-4)13-7-31/h6-13,28-29,32,34-35,40,44H,5,14-27,30H2,1-4H3. The van der Waals surface area contributed by atoms with Crippen LogP contribution in [0.1, 0.15) is 147 Å². The summed E-state index contributed by atoms with van der Waals surface area (Å²) in [5, 5.41) is 0. The highest BCUT2D eigenvalue weighted by Crippen LogP contribution is 2.53. The van der Waals surface area contributed by atoms with Crippen LogP contribution in [0.3, 0.4) is 0 Å². The van der Waals surface area contributed by atoms with Crippen LogP contribution in [-0.2, 0) is 33.5 Å². The molecule has 2 atom stereocenters.